The summed E-state index contributed by atoms with van der Waals surface area (Å²) in [6, 6.07) is 27.7. The Balaban J connectivity index is 0.000000871. The Labute approximate surface area is 155 Å². The molecule has 0 atom stereocenters. The topological polar surface area (TPSA) is 0 Å². The summed E-state index contributed by atoms with van der Waals surface area (Å²) in [7, 11) is 0. The molecule has 0 aliphatic heterocycles. The highest BCUT2D eigenvalue weighted by Gasteiger charge is 2.04. The van der Waals surface area contributed by atoms with Gasteiger partial charge >= 0.3 is 0 Å². The first kappa shape index (κ1) is 22.7. The van der Waals surface area contributed by atoms with Gasteiger partial charge in [0.15, 0.2) is 0 Å². The van der Waals surface area contributed by atoms with Crippen LogP contribution < -0.4 is 0 Å². The van der Waals surface area contributed by atoms with Crippen LogP contribution in [0.5, 0.6) is 0 Å². The second kappa shape index (κ2) is 14.0. The lowest BCUT2D eigenvalue weighted by molar-refractivity contribution is 1.45. The summed E-state index contributed by atoms with van der Waals surface area (Å²) in [4.78, 5) is 0. The summed E-state index contributed by atoms with van der Waals surface area (Å²) in [6.45, 7) is 14.2. The van der Waals surface area contributed by atoms with Crippen molar-refractivity contribution in [2.24, 2.45) is 0 Å². The minimum atomic E-state index is 1.26. The second-order valence-electron chi connectivity index (χ2n) is 4.76. The van der Waals surface area contributed by atoms with Crippen molar-refractivity contribution in [2.45, 2.75) is 48.5 Å². The van der Waals surface area contributed by atoms with Crippen molar-refractivity contribution in [1.82, 2.24) is 0 Å². The van der Waals surface area contributed by atoms with Crippen molar-refractivity contribution in [3.63, 3.8) is 0 Å². The molecule has 3 aromatic carbocycles. The molecule has 3 aromatic rings. The Morgan fingerprint density at radius 1 is 0.440 bits per heavy atom. The van der Waals surface area contributed by atoms with Crippen molar-refractivity contribution in [1.29, 1.82) is 0 Å². The van der Waals surface area contributed by atoms with E-state index in [2.05, 4.69) is 85.8 Å². The third-order valence-corrected chi connectivity index (χ3v) is 3.43. The molecule has 0 heteroatoms. The van der Waals surface area contributed by atoms with Crippen molar-refractivity contribution in [2.75, 3.05) is 0 Å². The molecule has 0 aliphatic carbocycles. The molecule has 0 aliphatic rings. The maximum atomic E-state index is 2.28. The van der Waals surface area contributed by atoms with Crippen LogP contribution >= 0.6 is 0 Å². The fraction of sp³-hybridized carbons (Fsp3) is 0.280. The van der Waals surface area contributed by atoms with Gasteiger partial charge < -0.3 is 0 Å². The van der Waals surface area contributed by atoms with Crippen molar-refractivity contribution >= 4 is 0 Å². The van der Waals surface area contributed by atoms with Crippen LogP contribution in [0.2, 0.25) is 0 Å². The Morgan fingerprint density at radius 3 is 1.36 bits per heavy atom. The summed E-state index contributed by atoms with van der Waals surface area (Å²) in [6.07, 6.45) is 0. The van der Waals surface area contributed by atoms with E-state index in [1.165, 1.54) is 27.8 Å². The van der Waals surface area contributed by atoms with Crippen LogP contribution in [0.3, 0.4) is 0 Å². The standard InChI is InChI=1S/C19H16.3C2H6/c1-15-12-13-18(16-8-4-2-5-9-16)14-19(15)17-10-6-3-7-11-17;3*1-2/h2-14H,1H3;3*1-2H3. The quantitative estimate of drug-likeness (QED) is 0.441. The summed E-state index contributed by atoms with van der Waals surface area (Å²) in [5.74, 6) is 0. The van der Waals surface area contributed by atoms with Crippen LogP contribution in [0, 0.1) is 6.92 Å². The van der Waals surface area contributed by atoms with Crippen LogP contribution in [-0.4, -0.2) is 0 Å². The van der Waals surface area contributed by atoms with E-state index in [4.69, 9.17) is 0 Å². The number of benzene rings is 3. The third-order valence-electron chi connectivity index (χ3n) is 3.43. The van der Waals surface area contributed by atoms with E-state index >= 15 is 0 Å². The lowest BCUT2D eigenvalue weighted by Crippen LogP contribution is -1.85. The van der Waals surface area contributed by atoms with E-state index < -0.39 is 0 Å². The van der Waals surface area contributed by atoms with Gasteiger partial charge in [0.05, 0.1) is 0 Å². The molecule has 134 valence electrons. The summed E-state index contributed by atoms with van der Waals surface area (Å²) >= 11 is 0. The maximum absolute atomic E-state index is 2.28. The van der Waals surface area contributed by atoms with Crippen LogP contribution in [0.1, 0.15) is 47.1 Å². The molecule has 25 heavy (non-hydrogen) atoms. The first-order valence-electron chi connectivity index (χ1n) is 9.56. The predicted octanol–water partition coefficient (Wildman–Crippen LogP) is 8.41. The van der Waals surface area contributed by atoms with Gasteiger partial charge in [-0.25, -0.2) is 0 Å². The Morgan fingerprint density at radius 2 is 0.880 bits per heavy atom. The van der Waals surface area contributed by atoms with E-state index in [9.17, 15) is 0 Å². The normalized spacial score (nSPS) is 8.60. The van der Waals surface area contributed by atoms with E-state index in [1.54, 1.807) is 0 Å². The van der Waals surface area contributed by atoms with E-state index in [-0.39, 0.29) is 0 Å². The minimum Gasteiger partial charge on any atom is -0.0683 e. The smallest absolute Gasteiger partial charge is 0.0149 e. The zero-order chi connectivity index (χ0) is 19.1. The molecule has 0 spiro atoms. The average Bonchev–Trinajstić information content (AvgIpc) is 2.74. The molecular weight excluding hydrogens is 300 g/mol. The molecule has 0 saturated carbocycles. The van der Waals surface area contributed by atoms with Gasteiger partial charge in [0.2, 0.25) is 0 Å². The molecule has 0 nitrogen and oxygen atoms in total. The minimum absolute atomic E-state index is 1.26. The van der Waals surface area contributed by atoms with Gasteiger partial charge in [0.25, 0.3) is 0 Å². The lowest BCUT2D eigenvalue weighted by Gasteiger charge is -2.09. The molecule has 0 N–H and O–H groups in total. The predicted molar refractivity (Wildman–Crippen MR) is 116 cm³/mol. The number of hydrogen-bond donors (Lipinski definition) is 0. The maximum Gasteiger partial charge on any atom is -0.0149 e. The highest BCUT2D eigenvalue weighted by atomic mass is 14.1. The third kappa shape index (κ3) is 6.97. The van der Waals surface area contributed by atoms with Crippen LogP contribution in [0.15, 0.2) is 78.9 Å². The first-order valence-corrected chi connectivity index (χ1v) is 9.56. The van der Waals surface area contributed by atoms with Crippen molar-refractivity contribution < 1.29 is 0 Å². The lowest BCUT2D eigenvalue weighted by atomic mass is 9.95. The average molecular weight is 335 g/mol. The number of rotatable bonds is 2. The van der Waals surface area contributed by atoms with Gasteiger partial charge in [0, 0.05) is 0 Å². The zero-order valence-corrected chi connectivity index (χ0v) is 17.0. The summed E-state index contributed by atoms with van der Waals surface area (Å²) in [5.41, 5.74) is 6.43. The fourth-order valence-electron chi connectivity index (χ4n) is 2.36. The van der Waals surface area contributed by atoms with E-state index in [0.29, 0.717) is 0 Å². The Hall–Kier alpha value is -2.34. The molecule has 0 aromatic heterocycles. The van der Waals surface area contributed by atoms with Gasteiger partial charge in [-0.3, -0.25) is 0 Å². The fourth-order valence-corrected chi connectivity index (χ4v) is 2.36. The van der Waals surface area contributed by atoms with Crippen molar-refractivity contribution in [3.8, 4) is 22.3 Å². The molecule has 0 radical (unpaired) electrons. The Bertz CT molecular complexity index is 667. The Kier molecular flexibility index (Phi) is 12.7. The molecule has 0 unspecified atom stereocenters. The molecule has 3 rings (SSSR count). The van der Waals surface area contributed by atoms with Gasteiger partial charge in [0.1, 0.15) is 0 Å². The van der Waals surface area contributed by atoms with Crippen molar-refractivity contribution in [3.05, 3.63) is 84.4 Å². The summed E-state index contributed by atoms with van der Waals surface area (Å²) in [5, 5.41) is 0. The van der Waals surface area contributed by atoms with Gasteiger partial charge in [-0.05, 0) is 40.8 Å². The van der Waals surface area contributed by atoms with Gasteiger partial charge in [-0.1, -0.05) is 114 Å². The van der Waals surface area contributed by atoms with Crippen LogP contribution in [0.4, 0.5) is 0 Å². The molecule has 0 heterocycles. The number of aryl methyl sites for hydroxylation is 1. The SMILES string of the molecule is CC.CC.CC.Cc1ccc(-c2ccccc2)cc1-c1ccccc1. The molecule has 0 amide bonds. The zero-order valence-electron chi connectivity index (χ0n) is 17.0. The van der Waals surface area contributed by atoms with Crippen LogP contribution in [-0.2, 0) is 0 Å². The van der Waals surface area contributed by atoms with Gasteiger partial charge in [-0.2, -0.15) is 0 Å². The van der Waals surface area contributed by atoms with E-state index in [1.807, 2.05) is 41.5 Å². The highest BCUT2D eigenvalue weighted by molar-refractivity contribution is 5.75. The molecule has 0 bridgehead atoms. The van der Waals surface area contributed by atoms with Crippen LogP contribution in [0.25, 0.3) is 22.3 Å². The molecule has 0 saturated heterocycles. The summed E-state index contributed by atoms with van der Waals surface area (Å²) < 4.78 is 0. The molecular formula is C25H34. The largest absolute Gasteiger partial charge is 0.0683 e. The molecule has 0 fully saturated rings. The second-order valence-corrected chi connectivity index (χ2v) is 4.76. The van der Waals surface area contributed by atoms with E-state index in [0.717, 1.165) is 0 Å². The number of hydrogen-bond acceptors (Lipinski definition) is 0. The highest BCUT2D eigenvalue weighted by Crippen LogP contribution is 2.29. The van der Waals surface area contributed by atoms with Gasteiger partial charge in [-0.15, -0.1) is 0 Å². The first-order chi connectivity index (χ1) is 12.3. The monoisotopic (exact) mass is 334 g/mol.